The molecule has 0 aliphatic heterocycles. The lowest BCUT2D eigenvalue weighted by Crippen LogP contribution is -2.51. The van der Waals surface area contributed by atoms with Gasteiger partial charge in [-0.15, -0.1) is 0 Å². The monoisotopic (exact) mass is 471 g/mol. The second kappa shape index (κ2) is 12.9. The summed E-state index contributed by atoms with van der Waals surface area (Å²) >= 11 is 0. The average Bonchev–Trinajstić information content (AvgIpc) is 2.80. The SMILES string of the molecule is NCC(CN)CC(N)C(=O)NC(CCC1CCCCC1)C(=O)Nc1cccc(C(F)(F)F)c1. The van der Waals surface area contributed by atoms with Gasteiger partial charge in [0.1, 0.15) is 6.04 Å². The molecule has 33 heavy (non-hydrogen) atoms. The number of anilines is 1. The number of rotatable bonds is 11. The van der Waals surface area contributed by atoms with Crippen molar-refractivity contribution in [3.8, 4) is 0 Å². The number of alkyl halides is 3. The molecule has 1 aliphatic carbocycles. The maximum Gasteiger partial charge on any atom is 0.416 e. The zero-order chi connectivity index (χ0) is 24.4. The van der Waals surface area contributed by atoms with Crippen molar-refractivity contribution in [2.24, 2.45) is 29.0 Å². The van der Waals surface area contributed by atoms with E-state index in [1.165, 1.54) is 18.6 Å². The summed E-state index contributed by atoms with van der Waals surface area (Å²) < 4.78 is 39.0. The van der Waals surface area contributed by atoms with E-state index in [2.05, 4.69) is 10.6 Å². The highest BCUT2D eigenvalue weighted by Crippen LogP contribution is 2.31. The van der Waals surface area contributed by atoms with Gasteiger partial charge in [-0.3, -0.25) is 9.59 Å². The van der Waals surface area contributed by atoms with Crippen LogP contribution < -0.4 is 27.8 Å². The van der Waals surface area contributed by atoms with Crippen LogP contribution in [0.3, 0.4) is 0 Å². The number of nitrogens with one attached hydrogen (secondary N) is 2. The van der Waals surface area contributed by atoms with Gasteiger partial charge in [0.2, 0.25) is 11.8 Å². The van der Waals surface area contributed by atoms with Crippen LogP contribution in [0, 0.1) is 11.8 Å². The zero-order valence-corrected chi connectivity index (χ0v) is 18.9. The molecule has 0 aromatic heterocycles. The summed E-state index contributed by atoms with van der Waals surface area (Å²) in [7, 11) is 0. The Bertz CT molecular complexity index is 765. The van der Waals surface area contributed by atoms with Crippen molar-refractivity contribution in [3.63, 3.8) is 0 Å². The summed E-state index contributed by atoms with van der Waals surface area (Å²) in [5.41, 5.74) is 16.4. The lowest BCUT2D eigenvalue weighted by molar-refractivity contribution is -0.137. The molecule has 2 unspecified atom stereocenters. The third kappa shape index (κ3) is 8.94. The highest BCUT2D eigenvalue weighted by Gasteiger charge is 2.31. The van der Waals surface area contributed by atoms with E-state index in [4.69, 9.17) is 17.2 Å². The van der Waals surface area contributed by atoms with Gasteiger partial charge in [-0.05, 0) is 62.4 Å². The summed E-state index contributed by atoms with van der Waals surface area (Å²) in [5.74, 6) is -0.730. The first-order valence-electron chi connectivity index (χ1n) is 11.6. The number of hydrogen-bond donors (Lipinski definition) is 5. The van der Waals surface area contributed by atoms with E-state index in [1.54, 1.807) is 0 Å². The summed E-state index contributed by atoms with van der Waals surface area (Å²) in [5, 5.41) is 5.21. The predicted octanol–water partition coefficient (Wildman–Crippen LogP) is 2.74. The number of amides is 2. The van der Waals surface area contributed by atoms with Gasteiger partial charge in [-0.2, -0.15) is 13.2 Å². The molecule has 186 valence electrons. The van der Waals surface area contributed by atoms with Crippen molar-refractivity contribution in [2.75, 3.05) is 18.4 Å². The average molecular weight is 472 g/mol. The fourth-order valence-electron chi connectivity index (χ4n) is 4.18. The fraction of sp³-hybridized carbons (Fsp3) is 0.652. The largest absolute Gasteiger partial charge is 0.416 e. The highest BCUT2D eigenvalue weighted by molar-refractivity contribution is 5.97. The second-order valence-electron chi connectivity index (χ2n) is 8.89. The van der Waals surface area contributed by atoms with Crippen LogP contribution >= 0.6 is 0 Å². The van der Waals surface area contributed by atoms with Crippen molar-refractivity contribution >= 4 is 17.5 Å². The third-order valence-corrected chi connectivity index (χ3v) is 6.27. The molecule has 0 bridgehead atoms. The Labute approximate surface area is 193 Å². The van der Waals surface area contributed by atoms with Gasteiger partial charge in [0.25, 0.3) is 0 Å². The molecular weight excluding hydrogens is 435 g/mol. The quantitative estimate of drug-likeness (QED) is 0.338. The molecule has 1 aromatic rings. The smallest absolute Gasteiger partial charge is 0.343 e. The van der Waals surface area contributed by atoms with Crippen molar-refractivity contribution in [2.45, 2.75) is 69.6 Å². The number of halogens is 3. The highest BCUT2D eigenvalue weighted by atomic mass is 19.4. The Morgan fingerprint density at radius 1 is 1.06 bits per heavy atom. The Balaban J connectivity index is 2.08. The lowest BCUT2D eigenvalue weighted by Gasteiger charge is -2.26. The Morgan fingerprint density at radius 2 is 1.73 bits per heavy atom. The second-order valence-corrected chi connectivity index (χ2v) is 8.89. The Morgan fingerprint density at radius 3 is 2.33 bits per heavy atom. The number of benzene rings is 1. The van der Waals surface area contributed by atoms with Gasteiger partial charge in [0.05, 0.1) is 11.6 Å². The van der Waals surface area contributed by atoms with E-state index in [0.717, 1.165) is 44.2 Å². The first-order chi connectivity index (χ1) is 15.6. The molecule has 0 saturated heterocycles. The van der Waals surface area contributed by atoms with Gasteiger partial charge in [-0.1, -0.05) is 38.2 Å². The summed E-state index contributed by atoms with van der Waals surface area (Å²) in [6.45, 7) is 0.581. The molecule has 0 spiro atoms. The third-order valence-electron chi connectivity index (χ3n) is 6.27. The van der Waals surface area contributed by atoms with Crippen molar-refractivity contribution in [1.29, 1.82) is 0 Å². The Kier molecular flexibility index (Phi) is 10.6. The zero-order valence-electron chi connectivity index (χ0n) is 18.9. The van der Waals surface area contributed by atoms with Crippen LogP contribution in [0.15, 0.2) is 24.3 Å². The molecule has 1 aliphatic rings. The summed E-state index contributed by atoms with van der Waals surface area (Å²) in [6.07, 6.45) is 2.51. The first-order valence-corrected chi connectivity index (χ1v) is 11.6. The normalized spacial score (nSPS) is 16.9. The number of nitrogens with two attached hydrogens (primary N) is 3. The molecule has 2 rings (SSSR count). The van der Waals surface area contributed by atoms with Crippen LogP contribution in [-0.2, 0) is 15.8 Å². The molecule has 1 aromatic carbocycles. The van der Waals surface area contributed by atoms with E-state index < -0.39 is 35.6 Å². The van der Waals surface area contributed by atoms with Crippen LogP contribution in [0.2, 0.25) is 0 Å². The van der Waals surface area contributed by atoms with Gasteiger partial charge >= 0.3 is 6.18 Å². The van der Waals surface area contributed by atoms with Gasteiger partial charge < -0.3 is 27.8 Å². The fourth-order valence-corrected chi connectivity index (χ4v) is 4.18. The van der Waals surface area contributed by atoms with Crippen LogP contribution in [0.25, 0.3) is 0 Å². The van der Waals surface area contributed by atoms with Crippen molar-refractivity contribution < 1.29 is 22.8 Å². The van der Waals surface area contributed by atoms with Crippen LogP contribution in [-0.4, -0.2) is 37.0 Å². The molecule has 10 heteroatoms. The summed E-state index contributed by atoms with van der Waals surface area (Å²) in [6, 6.07) is 2.62. The molecule has 2 amide bonds. The van der Waals surface area contributed by atoms with Gasteiger partial charge in [-0.25, -0.2) is 0 Å². The van der Waals surface area contributed by atoms with Gasteiger partial charge in [0.15, 0.2) is 0 Å². The number of carbonyl (C=O) groups excluding carboxylic acids is 2. The van der Waals surface area contributed by atoms with E-state index in [-0.39, 0.29) is 18.0 Å². The maximum atomic E-state index is 13.0. The molecule has 8 N–H and O–H groups in total. The lowest BCUT2D eigenvalue weighted by atomic mass is 9.85. The molecule has 0 radical (unpaired) electrons. The van der Waals surface area contributed by atoms with E-state index >= 15 is 0 Å². The minimum absolute atomic E-state index is 0.0161. The molecule has 1 saturated carbocycles. The number of carbonyl (C=O) groups is 2. The minimum Gasteiger partial charge on any atom is -0.343 e. The molecule has 7 nitrogen and oxygen atoms in total. The van der Waals surface area contributed by atoms with Gasteiger partial charge in [0, 0.05) is 5.69 Å². The van der Waals surface area contributed by atoms with Crippen molar-refractivity contribution in [3.05, 3.63) is 29.8 Å². The van der Waals surface area contributed by atoms with E-state index in [1.807, 2.05) is 0 Å². The van der Waals surface area contributed by atoms with Crippen LogP contribution in [0.4, 0.5) is 18.9 Å². The Hall–Kier alpha value is -2.17. The van der Waals surface area contributed by atoms with E-state index in [9.17, 15) is 22.8 Å². The first kappa shape index (κ1) is 27.1. The van der Waals surface area contributed by atoms with Crippen LogP contribution in [0.1, 0.15) is 56.9 Å². The molecule has 2 atom stereocenters. The topological polar surface area (TPSA) is 136 Å². The minimum atomic E-state index is -4.52. The predicted molar refractivity (Wildman–Crippen MR) is 122 cm³/mol. The molecular formula is C23H36F3N5O2. The molecule has 0 heterocycles. The standard InChI is InChI=1S/C23H36F3N5O2/c24-23(25,26)17-7-4-8-18(12-17)30-22(33)20(10-9-15-5-2-1-3-6-15)31-21(32)19(29)11-16(13-27)14-28/h4,7-8,12,15-16,19-20H,1-3,5-6,9-11,13-14,27-29H2,(H,30,33)(H,31,32). The van der Waals surface area contributed by atoms with Crippen molar-refractivity contribution in [1.82, 2.24) is 5.32 Å². The summed E-state index contributed by atoms with van der Waals surface area (Å²) in [4.78, 5) is 25.6. The van der Waals surface area contributed by atoms with E-state index in [0.29, 0.717) is 25.4 Å². The maximum absolute atomic E-state index is 13.0. The molecule has 1 fully saturated rings. The van der Waals surface area contributed by atoms with Crippen LogP contribution in [0.5, 0.6) is 0 Å². The number of hydrogen-bond acceptors (Lipinski definition) is 5.